The van der Waals surface area contributed by atoms with Gasteiger partial charge in [0.1, 0.15) is 10.9 Å². The van der Waals surface area contributed by atoms with E-state index >= 15 is 0 Å². The van der Waals surface area contributed by atoms with Crippen LogP contribution in [0.4, 0.5) is 0 Å². The monoisotopic (exact) mass is 392 g/mol. The van der Waals surface area contributed by atoms with Crippen molar-refractivity contribution in [3.05, 3.63) is 35.9 Å². The van der Waals surface area contributed by atoms with Crippen LogP contribution in [0.5, 0.6) is 0 Å². The summed E-state index contributed by atoms with van der Waals surface area (Å²) in [6.07, 6.45) is 0.139. The minimum Gasteiger partial charge on any atom is -0.451 e. The highest BCUT2D eigenvalue weighted by molar-refractivity contribution is 8.00. The number of amides is 2. The molecular formula is C19H24N2O5S. The van der Waals surface area contributed by atoms with Crippen LogP contribution in [-0.4, -0.2) is 60.8 Å². The summed E-state index contributed by atoms with van der Waals surface area (Å²) in [4.78, 5) is 38.4. The minimum atomic E-state index is -0.927. The predicted octanol–water partition coefficient (Wildman–Crippen LogP) is 1.27. The summed E-state index contributed by atoms with van der Waals surface area (Å²) < 4.78 is 10.2. The Bertz CT molecular complexity index is 713. The van der Waals surface area contributed by atoms with E-state index in [2.05, 4.69) is 5.32 Å². The molecule has 0 bridgehead atoms. The van der Waals surface area contributed by atoms with E-state index in [1.54, 1.807) is 23.8 Å². The number of fused-ring (bicyclic) bond motifs is 1. The van der Waals surface area contributed by atoms with Gasteiger partial charge in [-0.2, -0.15) is 0 Å². The molecule has 7 nitrogen and oxygen atoms in total. The smallest absolute Gasteiger partial charge is 0.330 e. The number of nitrogens with one attached hydrogen (secondary N) is 1. The Balaban J connectivity index is 1.69. The van der Waals surface area contributed by atoms with Crippen molar-refractivity contribution < 1.29 is 23.9 Å². The van der Waals surface area contributed by atoms with Gasteiger partial charge in [-0.1, -0.05) is 30.3 Å². The third-order valence-corrected chi connectivity index (χ3v) is 6.49. The maximum atomic E-state index is 12.7. The van der Waals surface area contributed by atoms with Crippen molar-refractivity contribution in [1.82, 2.24) is 10.2 Å². The summed E-state index contributed by atoms with van der Waals surface area (Å²) in [5.74, 6) is -0.515. The molecule has 0 unspecified atom stereocenters. The van der Waals surface area contributed by atoms with Gasteiger partial charge in [0.25, 0.3) is 5.91 Å². The van der Waals surface area contributed by atoms with E-state index in [1.165, 1.54) is 6.92 Å². The normalized spacial score (nSPS) is 25.2. The molecule has 0 spiro atoms. The number of carbonyl (C=O) groups excluding carboxylic acids is 3. The van der Waals surface area contributed by atoms with Gasteiger partial charge < -0.3 is 19.7 Å². The summed E-state index contributed by atoms with van der Waals surface area (Å²) >= 11 is 1.59. The Kier molecular flexibility index (Phi) is 6.06. The summed E-state index contributed by atoms with van der Waals surface area (Å²) in [6.45, 7) is 2.25. The fraction of sp³-hybridized carbons (Fsp3) is 0.526. The number of nitrogens with zero attached hydrogens (tertiary/aromatic N) is 1. The first-order chi connectivity index (χ1) is 13.0. The molecule has 0 aliphatic carbocycles. The second-order valence-electron chi connectivity index (χ2n) is 6.60. The zero-order chi connectivity index (χ0) is 19.4. The zero-order valence-corrected chi connectivity index (χ0v) is 16.3. The van der Waals surface area contributed by atoms with Gasteiger partial charge in [-0.05, 0) is 18.9 Å². The van der Waals surface area contributed by atoms with Crippen LogP contribution in [0.1, 0.15) is 25.3 Å². The van der Waals surface area contributed by atoms with Gasteiger partial charge in [0.15, 0.2) is 6.10 Å². The number of hydrogen-bond donors (Lipinski definition) is 1. The summed E-state index contributed by atoms with van der Waals surface area (Å²) in [5, 5.41) is 2.64. The minimum absolute atomic E-state index is 0.0528. The van der Waals surface area contributed by atoms with Crippen molar-refractivity contribution in [2.45, 2.75) is 36.8 Å². The highest BCUT2D eigenvalue weighted by atomic mass is 32.2. The standard InChI is InChI=1S/C19H24N2O5S/c1-13(17(23)20-10-11-25-2)26-18(24)15-12-27-19(9-8-16(22)21(15)19)14-6-4-3-5-7-14/h3-7,13,15H,8-12H2,1-2H3,(H,20,23)/t13-,15+,19-/m1/s1. The van der Waals surface area contributed by atoms with Gasteiger partial charge in [-0.15, -0.1) is 11.8 Å². The number of rotatable bonds is 7. The highest BCUT2D eigenvalue weighted by Gasteiger charge is 2.57. The fourth-order valence-corrected chi connectivity index (χ4v) is 5.18. The van der Waals surface area contributed by atoms with E-state index in [0.29, 0.717) is 31.7 Å². The summed E-state index contributed by atoms with van der Waals surface area (Å²) in [6, 6.07) is 9.08. The molecule has 146 valence electrons. The number of hydrogen-bond acceptors (Lipinski definition) is 6. The topological polar surface area (TPSA) is 84.9 Å². The number of thioether (sulfide) groups is 1. The number of esters is 1. The first-order valence-electron chi connectivity index (χ1n) is 8.98. The highest BCUT2D eigenvalue weighted by Crippen LogP contribution is 2.54. The van der Waals surface area contributed by atoms with Crippen LogP contribution in [0.3, 0.4) is 0 Å². The van der Waals surface area contributed by atoms with Gasteiger partial charge in [-0.25, -0.2) is 4.79 Å². The molecule has 2 aliphatic rings. The Morgan fingerprint density at radius 3 is 2.81 bits per heavy atom. The third-order valence-electron chi connectivity index (χ3n) is 4.89. The molecular weight excluding hydrogens is 368 g/mol. The molecule has 1 N–H and O–H groups in total. The van der Waals surface area contributed by atoms with Crippen LogP contribution in [0.2, 0.25) is 0 Å². The second kappa shape index (κ2) is 8.31. The van der Waals surface area contributed by atoms with Crippen LogP contribution < -0.4 is 5.32 Å². The van der Waals surface area contributed by atoms with Gasteiger partial charge in [0.2, 0.25) is 5.91 Å². The molecule has 2 heterocycles. The lowest BCUT2D eigenvalue weighted by molar-refractivity contribution is -0.161. The molecule has 2 aliphatic heterocycles. The lowest BCUT2D eigenvalue weighted by atomic mass is 10.0. The van der Waals surface area contributed by atoms with Gasteiger partial charge in [0, 0.05) is 25.8 Å². The van der Waals surface area contributed by atoms with Gasteiger partial charge in [0.05, 0.1) is 6.61 Å². The van der Waals surface area contributed by atoms with Crippen LogP contribution in [0.15, 0.2) is 30.3 Å². The van der Waals surface area contributed by atoms with E-state index in [-0.39, 0.29) is 11.8 Å². The van der Waals surface area contributed by atoms with Crippen molar-refractivity contribution in [2.75, 3.05) is 26.0 Å². The molecule has 1 aromatic carbocycles. The number of methoxy groups -OCH3 is 1. The Labute approximate surface area is 162 Å². The Morgan fingerprint density at radius 1 is 1.37 bits per heavy atom. The number of carbonyl (C=O) groups is 3. The first-order valence-corrected chi connectivity index (χ1v) is 9.97. The van der Waals surface area contributed by atoms with Crippen molar-refractivity contribution >= 4 is 29.5 Å². The average molecular weight is 392 g/mol. The molecule has 0 saturated carbocycles. The summed E-state index contributed by atoms with van der Waals surface area (Å²) in [7, 11) is 1.54. The van der Waals surface area contributed by atoms with Gasteiger partial charge in [-0.3, -0.25) is 9.59 Å². The van der Waals surface area contributed by atoms with Crippen LogP contribution in [-0.2, 0) is 28.7 Å². The largest absolute Gasteiger partial charge is 0.451 e. The van der Waals surface area contributed by atoms with Crippen LogP contribution >= 0.6 is 11.8 Å². The molecule has 1 aromatic rings. The van der Waals surface area contributed by atoms with Crippen molar-refractivity contribution in [3.63, 3.8) is 0 Å². The number of benzene rings is 1. The average Bonchev–Trinajstić information content (AvgIpc) is 3.22. The first kappa shape index (κ1) is 19.7. The van der Waals surface area contributed by atoms with E-state index < -0.39 is 23.0 Å². The Morgan fingerprint density at radius 2 is 2.11 bits per heavy atom. The lowest BCUT2D eigenvalue weighted by Gasteiger charge is -2.33. The molecule has 2 fully saturated rings. The zero-order valence-electron chi connectivity index (χ0n) is 15.5. The maximum Gasteiger partial charge on any atom is 0.330 e. The Hall–Kier alpha value is -2.06. The van der Waals surface area contributed by atoms with E-state index in [9.17, 15) is 14.4 Å². The molecule has 0 radical (unpaired) electrons. The molecule has 27 heavy (non-hydrogen) atoms. The molecule has 2 saturated heterocycles. The molecule has 2 amide bonds. The van der Waals surface area contributed by atoms with Gasteiger partial charge >= 0.3 is 5.97 Å². The van der Waals surface area contributed by atoms with E-state index in [0.717, 1.165) is 5.56 Å². The van der Waals surface area contributed by atoms with E-state index in [1.807, 2.05) is 30.3 Å². The fourth-order valence-electron chi connectivity index (χ4n) is 3.54. The van der Waals surface area contributed by atoms with E-state index in [4.69, 9.17) is 9.47 Å². The van der Waals surface area contributed by atoms with Crippen molar-refractivity contribution in [2.24, 2.45) is 0 Å². The maximum absolute atomic E-state index is 12.7. The van der Waals surface area contributed by atoms with Crippen LogP contribution in [0, 0.1) is 0 Å². The summed E-state index contributed by atoms with van der Waals surface area (Å²) in [5.41, 5.74) is 1.02. The predicted molar refractivity (Wildman–Crippen MR) is 101 cm³/mol. The SMILES string of the molecule is COCCNC(=O)[C@@H](C)OC(=O)[C@@H]1CS[C@@]2(c3ccccc3)CCC(=O)N12. The molecule has 3 rings (SSSR count). The third kappa shape index (κ3) is 3.82. The second-order valence-corrected chi connectivity index (χ2v) is 7.90. The molecule has 3 atom stereocenters. The lowest BCUT2D eigenvalue weighted by Crippen LogP contribution is -2.48. The van der Waals surface area contributed by atoms with Crippen LogP contribution in [0.25, 0.3) is 0 Å². The number of ether oxygens (including phenoxy) is 2. The van der Waals surface area contributed by atoms with Crippen molar-refractivity contribution in [3.8, 4) is 0 Å². The molecule has 8 heteroatoms. The quantitative estimate of drug-likeness (QED) is 0.556. The molecule has 0 aromatic heterocycles. The van der Waals surface area contributed by atoms with Crippen molar-refractivity contribution in [1.29, 1.82) is 0 Å².